The van der Waals surface area contributed by atoms with E-state index in [9.17, 15) is 23.2 Å². The first-order chi connectivity index (χ1) is 13.8. The van der Waals surface area contributed by atoms with Crippen molar-refractivity contribution in [3.8, 4) is 5.75 Å². The van der Waals surface area contributed by atoms with E-state index in [1.54, 1.807) is 43.3 Å². The molecule has 1 fully saturated rings. The second kappa shape index (κ2) is 9.04. The van der Waals surface area contributed by atoms with Gasteiger partial charge in [-0.05, 0) is 42.3 Å². The molecule has 0 aliphatic carbocycles. The van der Waals surface area contributed by atoms with Gasteiger partial charge in [0.15, 0.2) is 0 Å². The first-order valence-corrected chi connectivity index (χ1v) is 9.74. The van der Waals surface area contributed by atoms with Crippen molar-refractivity contribution in [1.82, 2.24) is 10.2 Å². The molecule has 3 rings (SSSR count). The molecule has 0 aromatic heterocycles. The molecule has 2 aromatic carbocycles. The molecule has 0 bridgehead atoms. The van der Waals surface area contributed by atoms with Crippen LogP contribution in [0.2, 0.25) is 0 Å². The van der Waals surface area contributed by atoms with Gasteiger partial charge in [0.05, 0.1) is 18.3 Å². The summed E-state index contributed by atoms with van der Waals surface area (Å²) in [6.07, 6.45) is 0. The first kappa shape index (κ1) is 20.8. The second-order valence-corrected chi connectivity index (χ2v) is 7.31. The molecule has 29 heavy (non-hydrogen) atoms. The standard InChI is InChI=1S/C20H18F2N2O4S/c1-12(14-5-3-7-16(9-14)28-19(21)22)23-18(26)15-6-2-4-13(8-15)10-24-17(25)11-29-20(24)27/h2-9,12,19H,10-11H2,1H3,(H,23,26). The van der Waals surface area contributed by atoms with Gasteiger partial charge in [-0.1, -0.05) is 36.0 Å². The number of nitrogens with one attached hydrogen (secondary N) is 1. The van der Waals surface area contributed by atoms with Crippen LogP contribution in [0, 0.1) is 0 Å². The normalized spacial score (nSPS) is 15.0. The maximum absolute atomic E-state index is 12.6. The lowest BCUT2D eigenvalue weighted by molar-refractivity contribution is -0.125. The topological polar surface area (TPSA) is 75.7 Å². The molecular formula is C20H18F2N2O4S. The van der Waals surface area contributed by atoms with Crippen LogP contribution in [-0.2, 0) is 11.3 Å². The van der Waals surface area contributed by atoms with E-state index in [4.69, 9.17) is 0 Å². The summed E-state index contributed by atoms with van der Waals surface area (Å²) in [7, 11) is 0. The number of ether oxygens (including phenoxy) is 1. The van der Waals surface area contributed by atoms with Crippen LogP contribution >= 0.6 is 11.8 Å². The Morgan fingerprint density at radius 1 is 1.21 bits per heavy atom. The van der Waals surface area contributed by atoms with Crippen LogP contribution in [0.1, 0.15) is 34.5 Å². The van der Waals surface area contributed by atoms with E-state index in [-0.39, 0.29) is 35.1 Å². The number of nitrogens with zero attached hydrogens (tertiary/aromatic N) is 1. The van der Waals surface area contributed by atoms with Crippen LogP contribution in [0.5, 0.6) is 5.75 Å². The Bertz CT molecular complexity index is 922. The zero-order valence-corrected chi connectivity index (χ0v) is 16.2. The number of imide groups is 1. The van der Waals surface area contributed by atoms with Crippen molar-refractivity contribution in [2.24, 2.45) is 0 Å². The summed E-state index contributed by atoms with van der Waals surface area (Å²) in [5.41, 5.74) is 1.63. The third kappa shape index (κ3) is 5.32. The summed E-state index contributed by atoms with van der Waals surface area (Å²) in [6.45, 7) is -1.10. The number of rotatable bonds is 7. The Morgan fingerprint density at radius 3 is 2.66 bits per heavy atom. The van der Waals surface area contributed by atoms with Gasteiger partial charge in [-0.25, -0.2) is 0 Å². The van der Waals surface area contributed by atoms with Crippen molar-refractivity contribution in [1.29, 1.82) is 0 Å². The summed E-state index contributed by atoms with van der Waals surface area (Å²) < 4.78 is 29.1. The van der Waals surface area contributed by atoms with Gasteiger partial charge < -0.3 is 10.1 Å². The first-order valence-electron chi connectivity index (χ1n) is 8.75. The zero-order valence-electron chi connectivity index (χ0n) is 15.4. The van der Waals surface area contributed by atoms with Crippen LogP contribution in [0.3, 0.4) is 0 Å². The van der Waals surface area contributed by atoms with Crippen molar-refractivity contribution in [3.05, 3.63) is 65.2 Å². The van der Waals surface area contributed by atoms with Gasteiger partial charge in [0.25, 0.3) is 11.1 Å². The monoisotopic (exact) mass is 420 g/mol. The van der Waals surface area contributed by atoms with Crippen molar-refractivity contribution < 1.29 is 27.9 Å². The minimum atomic E-state index is -2.93. The van der Waals surface area contributed by atoms with Gasteiger partial charge in [-0.2, -0.15) is 8.78 Å². The van der Waals surface area contributed by atoms with Gasteiger partial charge in [-0.15, -0.1) is 0 Å². The molecule has 1 aliphatic heterocycles. The maximum atomic E-state index is 12.6. The van der Waals surface area contributed by atoms with Crippen LogP contribution < -0.4 is 10.1 Å². The predicted molar refractivity (Wildman–Crippen MR) is 104 cm³/mol. The second-order valence-electron chi connectivity index (χ2n) is 6.38. The highest BCUT2D eigenvalue weighted by Gasteiger charge is 2.29. The van der Waals surface area contributed by atoms with Crippen molar-refractivity contribution in [2.75, 3.05) is 5.75 Å². The molecule has 6 nitrogen and oxygen atoms in total. The molecule has 2 aromatic rings. The highest BCUT2D eigenvalue weighted by atomic mass is 32.2. The van der Waals surface area contributed by atoms with Gasteiger partial charge in [-0.3, -0.25) is 19.3 Å². The number of carbonyl (C=O) groups excluding carboxylic acids is 3. The summed E-state index contributed by atoms with van der Waals surface area (Å²) in [5.74, 6) is -0.481. The van der Waals surface area contributed by atoms with E-state index in [1.165, 1.54) is 12.1 Å². The average Bonchev–Trinajstić information content (AvgIpc) is 3.00. The minimum absolute atomic E-state index is 0.0124. The molecule has 1 N–H and O–H groups in total. The predicted octanol–water partition coefficient (Wildman–Crippen LogP) is 3.97. The van der Waals surface area contributed by atoms with Crippen molar-refractivity contribution >= 4 is 28.8 Å². The molecule has 0 saturated carbocycles. The van der Waals surface area contributed by atoms with Gasteiger partial charge in [0.2, 0.25) is 5.91 Å². The lowest BCUT2D eigenvalue weighted by Crippen LogP contribution is -2.29. The Balaban J connectivity index is 1.67. The summed E-state index contributed by atoms with van der Waals surface area (Å²) in [6, 6.07) is 12.3. The fraction of sp³-hybridized carbons (Fsp3) is 0.250. The maximum Gasteiger partial charge on any atom is 0.387 e. The fourth-order valence-electron chi connectivity index (χ4n) is 2.85. The minimum Gasteiger partial charge on any atom is -0.435 e. The number of hydrogen-bond acceptors (Lipinski definition) is 5. The van der Waals surface area contributed by atoms with Crippen LogP contribution in [-0.4, -0.2) is 34.3 Å². The number of hydrogen-bond donors (Lipinski definition) is 1. The Hall–Kier alpha value is -2.94. The molecule has 1 unspecified atom stereocenters. The van der Waals surface area contributed by atoms with Crippen molar-refractivity contribution in [3.63, 3.8) is 0 Å². The van der Waals surface area contributed by atoms with Crippen LogP contribution in [0.4, 0.5) is 13.6 Å². The molecule has 1 saturated heterocycles. The Kier molecular flexibility index (Phi) is 6.48. The van der Waals surface area contributed by atoms with E-state index in [0.29, 0.717) is 16.7 Å². The highest BCUT2D eigenvalue weighted by Crippen LogP contribution is 2.23. The number of halogens is 2. The molecule has 0 spiro atoms. The third-order valence-corrected chi connectivity index (χ3v) is 5.16. The van der Waals surface area contributed by atoms with Crippen LogP contribution in [0.15, 0.2) is 48.5 Å². The lowest BCUT2D eigenvalue weighted by atomic mass is 10.1. The molecule has 1 aliphatic rings. The summed E-state index contributed by atoms with van der Waals surface area (Å²) >= 11 is 0.955. The van der Waals surface area contributed by atoms with E-state index >= 15 is 0 Å². The SMILES string of the molecule is CC(NC(=O)c1cccc(CN2C(=O)CSC2=O)c1)c1cccc(OC(F)F)c1. The average molecular weight is 420 g/mol. The van der Waals surface area contributed by atoms with Gasteiger partial charge in [0.1, 0.15) is 5.75 Å². The Labute approximate surface area is 170 Å². The molecule has 152 valence electrons. The van der Waals surface area contributed by atoms with Crippen LogP contribution in [0.25, 0.3) is 0 Å². The molecular weight excluding hydrogens is 402 g/mol. The molecule has 1 atom stereocenters. The fourth-order valence-corrected chi connectivity index (χ4v) is 3.58. The van der Waals surface area contributed by atoms with E-state index in [1.807, 2.05) is 0 Å². The van der Waals surface area contributed by atoms with E-state index < -0.39 is 12.7 Å². The number of alkyl halides is 2. The van der Waals surface area contributed by atoms with E-state index in [0.717, 1.165) is 16.7 Å². The van der Waals surface area contributed by atoms with Gasteiger partial charge in [0, 0.05) is 5.56 Å². The third-order valence-electron chi connectivity index (χ3n) is 4.30. The number of thioether (sulfide) groups is 1. The highest BCUT2D eigenvalue weighted by molar-refractivity contribution is 8.14. The molecule has 9 heteroatoms. The van der Waals surface area contributed by atoms with E-state index in [2.05, 4.69) is 10.1 Å². The number of carbonyl (C=O) groups is 3. The van der Waals surface area contributed by atoms with Gasteiger partial charge >= 0.3 is 6.61 Å². The quantitative estimate of drug-likeness (QED) is 0.734. The summed E-state index contributed by atoms with van der Waals surface area (Å²) in [4.78, 5) is 37.2. The zero-order chi connectivity index (χ0) is 21.0. The molecule has 3 amide bonds. The largest absolute Gasteiger partial charge is 0.435 e. The Morgan fingerprint density at radius 2 is 1.97 bits per heavy atom. The molecule has 1 heterocycles. The summed E-state index contributed by atoms with van der Waals surface area (Å²) in [5, 5.41) is 2.50. The molecule has 0 radical (unpaired) electrons. The van der Waals surface area contributed by atoms with Crippen molar-refractivity contribution in [2.45, 2.75) is 26.1 Å². The lowest BCUT2D eigenvalue weighted by Gasteiger charge is -2.17. The number of amides is 3. The number of benzene rings is 2. The smallest absolute Gasteiger partial charge is 0.387 e.